The molecule has 33 heavy (non-hydrogen) atoms. The zero-order valence-electron chi connectivity index (χ0n) is 17.4. The summed E-state index contributed by atoms with van der Waals surface area (Å²) >= 11 is 2.55. The number of benzene rings is 2. The van der Waals surface area contributed by atoms with Gasteiger partial charge < -0.3 is 9.88 Å². The fourth-order valence-corrected chi connectivity index (χ4v) is 4.85. The summed E-state index contributed by atoms with van der Waals surface area (Å²) < 4.78 is 28.7. The van der Waals surface area contributed by atoms with Crippen molar-refractivity contribution in [3.63, 3.8) is 0 Å². The zero-order valence-corrected chi connectivity index (χ0v) is 19.0. The molecule has 1 saturated carbocycles. The molecule has 1 fully saturated rings. The predicted octanol–water partition coefficient (Wildman–Crippen LogP) is 5.34. The lowest BCUT2D eigenvalue weighted by Gasteiger charge is -2.10. The van der Waals surface area contributed by atoms with Gasteiger partial charge in [-0.3, -0.25) is 4.79 Å². The van der Waals surface area contributed by atoms with E-state index < -0.39 is 11.6 Å². The van der Waals surface area contributed by atoms with E-state index in [2.05, 4.69) is 37.2 Å². The maximum absolute atomic E-state index is 13.5. The number of thioether (sulfide) groups is 1. The van der Waals surface area contributed by atoms with Gasteiger partial charge in [0.25, 0.3) is 0 Å². The van der Waals surface area contributed by atoms with Crippen molar-refractivity contribution in [2.75, 3.05) is 11.1 Å². The van der Waals surface area contributed by atoms with Gasteiger partial charge in [0.2, 0.25) is 5.91 Å². The topological polar surface area (TPSA) is 72.7 Å². The monoisotopic (exact) mass is 483 g/mol. The number of hydrogen-bond donors (Lipinski definition) is 1. The molecule has 0 unspecified atom stereocenters. The second-order valence-electron chi connectivity index (χ2n) is 7.69. The van der Waals surface area contributed by atoms with E-state index in [4.69, 9.17) is 0 Å². The van der Waals surface area contributed by atoms with Crippen molar-refractivity contribution in [2.45, 2.75) is 30.5 Å². The average molecular weight is 484 g/mol. The highest BCUT2D eigenvalue weighted by Crippen LogP contribution is 2.40. The standard InChI is InChI=1S/C23H19F2N5OS2/c24-17-9-8-16(10-18(17)25)19-12-32-22(26-19)27-20(31)13-33-23-29-28-21(15-6-7-15)30(23)11-14-4-2-1-3-5-14/h1-5,8-10,12,15H,6-7,11,13H2,(H,26,27,31). The lowest BCUT2D eigenvalue weighted by Crippen LogP contribution is -2.15. The number of nitrogens with one attached hydrogen (secondary N) is 1. The molecule has 2 aromatic carbocycles. The minimum absolute atomic E-state index is 0.150. The fraction of sp³-hybridized carbons (Fsp3) is 0.217. The number of thiazole rings is 1. The Morgan fingerprint density at radius 1 is 1.12 bits per heavy atom. The smallest absolute Gasteiger partial charge is 0.236 e. The highest BCUT2D eigenvalue weighted by atomic mass is 32.2. The fourth-order valence-electron chi connectivity index (χ4n) is 3.37. The van der Waals surface area contributed by atoms with Gasteiger partial charge in [0, 0.05) is 16.9 Å². The summed E-state index contributed by atoms with van der Waals surface area (Å²) in [5.41, 5.74) is 2.07. The van der Waals surface area contributed by atoms with Gasteiger partial charge in [-0.25, -0.2) is 13.8 Å². The summed E-state index contributed by atoms with van der Waals surface area (Å²) in [7, 11) is 0. The van der Waals surface area contributed by atoms with Crippen LogP contribution in [0.3, 0.4) is 0 Å². The minimum atomic E-state index is -0.937. The Kier molecular flexibility index (Phi) is 6.19. The van der Waals surface area contributed by atoms with Crippen LogP contribution in [-0.2, 0) is 11.3 Å². The summed E-state index contributed by atoms with van der Waals surface area (Å²) in [6, 6.07) is 13.7. The molecule has 1 aliphatic rings. The van der Waals surface area contributed by atoms with Crippen LogP contribution in [0.15, 0.2) is 59.1 Å². The summed E-state index contributed by atoms with van der Waals surface area (Å²) in [5.74, 6) is -0.518. The van der Waals surface area contributed by atoms with Crippen LogP contribution in [0.2, 0.25) is 0 Å². The van der Waals surface area contributed by atoms with Crippen LogP contribution in [0.5, 0.6) is 0 Å². The van der Waals surface area contributed by atoms with Gasteiger partial charge >= 0.3 is 0 Å². The number of amides is 1. The van der Waals surface area contributed by atoms with Gasteiger partial charge in [-0.15, -0.1) is 21.5 Å². The number of aromatic nitrogens is 4. The van der Waals surface area contributed by atoms with E-state index in [-0.39, 0.29) is 11.7 Å². The van der Waals surface area contributed by atoms with Crippen LogP contribution >= 0.6 is 23.1 Å². The molecule has 0 spiro atoms. The molecule has 6 nitrogen and oxygen atoms in total. The number of halogens is 2. The lowest BCUT2D eigenvalue weighted by atomic mass is 10.2. The van der Waals surface area contributed by atoms with Gasteiger partial charge in [-0.2, -0.15) is 0 Å². The zero-order chi connectivity index (χ0) is 22.8. The van der Waals surface area contributed by atoms with Gasteiger partial charge in [0.15, 0.2) is 21.9 Å². The van der Waals surface area contributed by atoms with E-state index in [1.165, 1.54) is 29.2 Å². The third-order valence-corrected chi connectivity index (χ3v) is 6.89. The second kappa shape index (κ2) is 9.40. The average Bonchev–Trinajstić information content (AvgIpc) is 3.43. The highest BCUT2D eigenvalue weighted by Gasteiger charge is 2.30. The molecule has 0 bridgehead atoms. The van der Waals surface area contributed by atoms with Crippen LogP contribution in [0.1, 0.15) is 30.1 Å². The highest BCUT2D eigenvalue weighted by molar-refractivity contribution is 7.99. The number of carbonyl (C=O) groups is 1. The molecular weight excluding hydrogens is 464 g/mol. The Morgan fingerprint density at radius 2 is 1.94 bits per heavy atom. The molecule has 1 amide bonds. The molecule has 10 heteroatoms. The molecule has 0 saturated heterocycles. The largest absolute Gasteiger partial charge is 0.301 e. The molecule has 1 aliphatic carbocycles. The summed E-state index contributed by atoms with van der Waals surface area (Å²) in [5, 5.41) is 14.3. The SMILES string of the molecule is O=C(CSc1nnc(C2CC2)n1Cc1ccccc1)Nc1nc(-c2ccc(F)c(F)c2)cs1. The van der Waals surface area contributed by atoms with Crippen LogP contribution in [0, 0.1) is 11.6 Å². The van der Waals surface area contributed by atoms with Crippen molar-refractivity contribution >= 4 is 34.1 Å². The number of nitrogens with zero attached hydrogens (tertiary/aromatic N) is 4. The van der Waals surface area contributed by atoms with E-state index in [0.29, 0.717) is 34.0 Å². The Morgan fingerprint density at radius 3 is 2.70 bits per heavy atom. The van der Waals surface area contributed by atoms with Crippen molar-refractivity contribution in [1.29, 1.82) is 0 Å². The van der Waals surface area contributed by atoms with Gasteiger partial charge in [0.05, 0.1) is 18.0 Å². The first-order valence-corrected chi connectivity index (χ1v) is 12.2. The third-order valence-electron chi connectivity index (χ3n) is 5.17. The molecule has 1 N–H and O–H groups in total. The molecular formula is C23H19F2N5OS2. The molecule has 2 aromatic heterocycles. The van der Waals surface area contributed by atoms with Crippen molar-refractivity contribution < 1.29 is 13.6 Å². The van der Waals surface area contributed by atoms with Gasteiger partial charge in [0.1, 0.15) is 5.82 Å². The third kappa shape index (κ3) is 5.12. The van der Waals surface area contributed by atoms with E-state index in [1.54, 1.807) is 5.38 Å². The molecule has 5 rings (SSSR count). The molecule has 4 aromatic rings. The van der Waals surface area contributed by atoms with E-state index in [0.717, 1.165) is 36.4 Å². The number of rotatable bonds is 8. The van der Waals surface area contributed by atoms with Crippen molar-refractivity contribution in [2.24, 2.45) is 0 Å². The lowest BCUT2D eigenvalue weighted by molar-refractivity contribution is -0.113. The Hall–Kier alpha value is -3.11. The first kappa shape index (κ1) is 21.7. The maximum Gasteiger partial charge on any atom is 0.236 e. The molecule has 0 aliphatic heterocycles. The number of hydrogen-bond acceptors (Lipinski definition) is 6. The van der Waals surface area contributed by atoms with Crippen LogP contribution in [0.4, 0.5) is 13.9 Å². The predicted molar refractivity (Wildman–Crippen MR) is 124 cm³/mol. The molecule has 168 valence electrons. The Labute approximate surface area is 197 Å². The quantitative estimate of drug-likeness (QED) is 0.343. The van der Waals surface area contributed by atoms with Crippen molar-refractivity contribution in [3.05, 3.63) is 76.9 Å². The number of anilines is 1. The van der Waals surface area contributed by atoms with Gasteiger partial charge in [-0.05, 0) is 36.6 Å². The Bertz CT molecular complexity index is 1290. The molecule has 0 radical (unpaired) electrons. The van der Waals surface area contributed by atoms with E-state index in [9.17, 15) is 13.6 Å². The van der Waals surface area contributed by atoms with E-state index in [1.807, 2.05) is 18.2 Å². The normalized spacial score (nSPS) is 13.3. The maximum atomic E-state index is 13.5. The minimum Gasteiger partial charge on any atom is -0.301 e. The molecule has 0 atom stereocenters. The van der Waals surface area contributed by atoms with Gasteiger partial charge in [-0.1, -0.05) is 42.1 Å². The summed E-state index contributed by atoms with van der Waals surface area (Å²) in [6.45, 7) is 0.660. The first-order valence-electron chi connectivity index (χ1n) is 10.4. The summed E-state index contributed by atoms with van der Waals surface area (Å²) in [6.07, 6.45) is 2.23. The van der Waals surface area contributed by atoms with Crippen LogP contribution in [0.25, 0.3) is 11.3 Å². The van der Waals surface area contributed by atoms with Crippen LogP contribution in [-0.4, -0.2) is 31.4 Å². The van der Waals surface area contributed by atoms with Crippen molar-refractivity contribution in [1.82, 2.24) is 19.7 Å². The van der Waals surface area contributed by atoms with Crippen molar-refractivity contribution in [3.8, 4) is 11.3 Å². The first-order chi connectivity index (χ1) is 16.1. The number of carbonyl (C=O) groups excluding carboxylic acids is 1. The summed E-state index contributed by atoms with van der Waals surface area (Å²) in [4.78, 5) is 16.8. The second-order valence-corrected chi connectivity index (χ2v) is 9.49. The Balaban J connectivity index is 1.24. The molecule has 2 heterocycles. The van der Waals surface area contributed by atoms with E-state index >= 15 is 0 Å². The van der Waals surface area contributed by atoms with Crippen LogP contribution < -0.4 is 5.32 Å².